The number of fused-ring (bicyclic) bond motifs is 1. The number of carbonyl (C=O) groups is 1. The molecule has 0 spiro atoms. The van der Waals surface area contributed by atoms with Crippen molar-refractivity contribution < 1.29 is 4.79 Å². The first-order chi connectivity index (χ1) is 7.31. The monoisotopic (exact) mass is 211 g/mol. The van der Waals surface area contributed by atoms with E-state index in [1.165, 1.54) is 19.4 Å². The van der Waals surface area contributed by atoms with E-state index in [0.29, 0.717) is 25.0 Å². The van der Waals surface area contributed by atoms with Gasteiger partial charge in [0.2, 0.25) is 5.91 Å². The predicted octanol–water partition coefficient (Wildman–Crippen LogP) is 0.0782. The molecule has 2 heterocycles. The maximum atomic E-state index is 11.6. The van der Waals surface area contributed by atoms with Crippen LogP contribution in [0.1, 0.15) is 32.1 Å². The number of nitrogens with zero attached hydrogens (tertiary/aromatic N) is 1. The van der Waals surface area contributed by atoms with E-state index in [9.17, 15) is 4.79 Å². The Morgan fingerprint density at radius 2 is 2.27 bits per heavy atom. The standard InChI is InChI=1S/C11H21N3O/c12-6-1-4-11(15)13-9-5-8-14-7-2-3-10(9)14/h9-10H,1-8,12H2,(H,13,15). The summed E-state index contributed by atoms with van der Waals surface area (Å²) in [5.41, 5.74) is 5.38. The molecule has 2 aliphatic heterocycles. The van der Waals surface area contributed by atoms with Gasteiger partial charge in [-0.3, -0.25) is 9.69 Å². The van der Waals surface area contributed by atoms with Crippen LogP contribution in [0.25, 0.3) is 0 Å². The first-order valence-electron chi connectivity index (χ1n) is 6.05. The Morgan fingerprint density at radius 3 is 3.07 bits per heavy atom. The first kappa shape index (κ1) is 10.9. The number of amides is 1. The SMILES string of the molecule is NCCCC(=O)NC1CCN2CCCC12. The summed E-state index contributed by atoms with van der Waals surface area (Å²) in [5.74, 6) is 0.180. The summed E-state index contributed by atoms with van der Waals surface area (Å²) in [6, 6.07) is 1.02. The molecule has 2 saturated heterocycles. The van der Waals surface area contributed by atoms with Gasteiger partial charge in [0.1, 0.15) is 0 Å². The van der Waals surface area contributed by atoms with Crippen LogP contribution in [0, 0.1) is 0 Å². The molecule has 0 aromatic heterocycles. The molecule has 0 aromatic rings. The molecule has 1 amide bonds. The van der Waals surface area contributed by atoms with Gasteiger partial charge < -0.3 is 11.1 Å². The van der Waals surface area contributed by atoms with Crippen LogP contribution in [0.5, 0.6) is 0 Å². The molecule has 3 N–H and O–H groups in total. The van der Waals surface area contributed by atoms with Crippen molar-refractivity contribution in [3.05, 3.63) is 0 Å². The van der Waals surface area contributed by atoms with Crippen molar-refractivity contribution >= 4 is 5.91 Å². The highest BCUT2D eigenvalue weighted by molar-refractivity contribution is 5.76. The smallest absolute Gasteiger partial charge is 0.220 e. The molecule has 86 valence electrons. The number of rotatable bonds is 4. The molecule has 2 fully saturated rings. The maximum Gasteiger partial charge on any atom is 0.220 e. The van der Waals surface area contributed by atoms with E-state index < -0.39 is 0 Å². The summed E-state index contributed by atoms with van der Waals surface area (Å²) in [4.78, 5) is 14.1. The van der Waals surface area contributed by atoms with E-state index >= 15 is 0 Å². The average Bonchev–Trinajstić information content (AvgIpc) is 2.80. The van der Waals surface area contributed by atoms with Crippen LogP contribution >= 0.6 is 0 Å². The van der Waals surface area contributed by atoms with Gasteiger partial charge >= 0.3 is 0 Å². The highest BCUT2D eigenvalue weighted by atomic mass is 16.1. The van der Waals surface area contributed by atoms with Gasteiger partial charge in [-0.25, -0.2) is 0 Å². The maximum absolute atomic E-state index is 11.6. The zero-order valence-corrected chi connectivity index (χ0v) is 9.24. The van der Waals surface area contributed by atoms with Crippen LogP contribution in [0.15, 0.2) is 0 Å². The van der Waals surface area contributed by atoms with Gasteiger partial charge in [0.15, 0.2) is 0 Å². The van der Waals surface area contributed by atoms with Crippen molar-refractivity contribution in [2.24, 2.45) is 5.73 Å². The Labute approximate surface area is 91.2 Å². The lowest BCUT2D eigenvalue weighted by Crippen LogP contribution is -2.42. The van der Waals surface area contributed by atoms with Crippen molar-refractivity contribution in [2.75, 3.05) is 19.6 Å². The average molecular weight is 211 g/mol. The minimum atomic E-state index is 0.180. The number of hydrogen-bond donors (Lipinski definition) is 2. The molecule has 0 aromatic carbocycles. The van der Waals surface area contributed by atoms with Crippen LogP contribution in [0.3, 0.4) is 0 Å². The first-order valence-corrected chi connectivity index (χ1v) is 6.05. The third-order valence-corrected chi connectivity index (χ3v) is 3.56. The molecular weight excluding hydrogens is 190 g/mol. The second-order valence-electron chi connectivity index (χ2n) is 4.60. The normalized spacial score (nSPS) is 30.5. The molecule has 2 atom stereocenters. The van der Waals surface area contributed by atoms with Gasteiger partial charge in [0.25, 0.3) is 0 Å². The van der Waals surface area contributed by atoms with Crippen LogP contribution in [-0.2, 0) is 4.79 Å². The lowest BCUT2D eigenvalue weighted by molar-refractivity contribution is -0.122. The van der Waals surface area contributed by atoms with Crippen molar-refractivity contribution in [1.82, 2.24) is 10.2 Å². The largest absolute Gasteiger partial charge is 0.352 e. The second-order valence-corrected chi connectivity index (χ2v) is 4.60. The van der Waals surface area contributed by atoms with Gasteiger partial charge in [-0.05, 0) is 38.8 Å². The number of hydrogen-bond acceptors (Lipinski definition) is 3. The van der Waals surface area contributed by atoms with E-state index in [1.807, 2.05) is 0 Å². The molecule has 0 aliphatic carbocycles. The fourth-order valence-electron chi connectivity index (χ4n) is 2.79. The Balaban J connectivity index is 1.77. The molecule has 2 rings (SSSR count). The zero-order valence-electron chi connectivity index (χ0n) is 9.24. The van der Waals surface area contributed by atoms with Crippen molar-refractivity contribution in [2.45, 2.75) is 44.2 Å². The fraction of sp³-hybridized carbons (Fsp3) is 0.909. The molecule has 0 bridgehead atoms. The highest BCUT2D eigenvalue weighted by Crippen LogP contribution is 2.27. The Morgan fingerprint density at radius 1 is 1.40 bits per heavy atom. The Kier molecular flexibility index (Phi) is 3.59. The summed E-state index contributed by atoms with van der Waals surface area (Å²) in [7, 11) is 0. The predicted molar refractivity (Wildman–Crippen MR) is 59.4 cm³/mol. The van der Waals surface area contributed by atoms with Gasteiger partial charge in [0, 0.05) is 25.0 Å². The van der Waals surface area contributed by atoms with Crippen LogP contribution in [0.2, 0.25) is 0 Å². The summed E-state index contributed by atoms with van der Waals surface area (Å²) in [6.07, 6.45) is 5.05. The number of nitrogens with two attached hydrogens (primary N) is 1. The van der Waals surface area contributed by atoms with Gasteiger partial charge in [-0.15, -0.1) is 0 Å². The molecule has 0 radical (unpaired) electrons. The van der Waals surface area contributed by atoms with E-state index in [2.05, 4.69) is 10.2 Å². The molecular formula is C11H21N3O. The molecule has 4 nitrogen and oxygen atoms in total. The van der Waals surface area contributed by atoms with E-state index in [-0.39, 0.29) is 5.91 Å². The molecule has 2 aliphatic rings. The summed E-state index contributed by atoms with van der Waals surface area (Å²) in [6.45, 7) is 2.99. The minimum Gasteiger partial charge on any atom is -0.352 e. The zero-order chi connectivity index (χ0) is 10.7. The topological polar surface area (TPSA) is 58.4 Å². The Hall–Kier alpha value is -0.610. The van der Waals surface area contributed by atoms with Gasteiger partial charge in [0.05, 0.1) is 0 Å². The lowest BCUT2D eigenvalue weighted by atomic mass is 10.1. The third kappa shape index (κ3) is 2.49. The van der Waals surface area contributed by atoms with Crippen LogP contribution in [0.4, 0.5) is 0 Å². The van der Waals surface area contributed by atoms with Crippen LogP contribution < -0.4 is 11.1 Å². The third-order valence-electron chi connectivity index (χ3n) is 3.56. The van der Waals surface area contributed by atoms with Crippen molar-refractivity contribution in [3.63, 3.8) is 0 Å². The quantitative estimate of drug-likeness (QED) is 0.692. The highest BCUT2D eigenvalue weighted by Gasteiger charge is 2.37. The summed E-state index contributed by atoms with van der Waals surface area (Å²) < 4.78 is 0. The molecule has 15 heavy (non-hydrogen) atoms. The number of carbonyl (C=O) groups excluding carboxylic acids is 1. The number of nitrogens with one attached hydrogen (secondary N) is 1. The van der Waals surface area contributed by atoms with Crippen molar-refractivity contribution in [3.8, 4) is 0 Å². The van der Waals surface area contributed by atoms with Crippen molar-refractivity contribution in [1.29, 1.82) is 0 Å². The summed E-state index contributed by atoms with van der Waals surface area (Å²) in [5, 5.41) is 3.15. The van der Waals surface area contributed by atoms with Gasteiger partial charge in [-0.1, -0.05) is 0 Å². The minimum absolute atomic E-state index is 0.180. The second kappa shape index (κ2) is 4.94. The lowest BCUT2D eigenvalue weighted by Gasteiger charge is -2.21. The summed E-state index contributed by atoms with van der Waals surface area (Å²) >= 11 is 0. The fourth-order valence-corrected chi connectivity index (χ4v) is 2.79. The van der Waals surface area contributed by atoms with Crippen LogP contribution in [-0.4, -0.2) is 42.5 Å². The molecule has 4 heteroatoms. The Bertz CT molecular complexity index is 232. The van der Waals surface area contributed by atoms with E-state index in [1.54, 1.807) is 0 Å². The molecule has 0 saturated carbocycles. The van der Waals surface area contributed by atoms with Gasteiger partial charge in [-0.2, -0.15) is 0 Å². The van der Waals surface area contributed by atoms with E-state index in [0.717, 1.165) is 19.4 Å². The van der Waals surface area contributed by atoms with E-state index in [4.69, 9.17) is 5.73 Å². The molecule has 2 unspecified atom stereocenters.